The molecule has 0 spiro atoms. The third-order valence-corrected chi connectivity index (χ3v) is 1.87. The van der Waals surface area contributed by atoms with Gasteiger partial charge in [-0.3, -0.25) is 25.0 Å². The van der Waals surface area contributed by atoms with Crippen molar-refractivity contribution in [2.24, 2.45) is 0 Å². The number of nitrogens with zero attached hydrogens (tertiary/aromatic N) is 2. The monoisotopic (exact) mass is 229 g/mol. The van der Waals surface area contributed by atoms with Crippen LogP contribution in [0.15, 0.2) is 12.1 Å². The SMILES string of the molecule is O=[C]c1cc(Cl)c([N+](=O)[O-])cc1[N+](=O)[O-]. The zero-order valence-electron chi connectivity index (χ0n) is 6.97. The Kier molecular flexibility index (Phi) is 2.96. The van der Waals surface area contributed by atoms with Crippen molar-refractivity contribution in [2.75, 3.05) is 0 Å². The van der Waals surface area contributed by atoms with Crippen LogP contribution in [0.3, 0.4) is 0 Å². The molecule has 0 aromatic heterocycles. The molecule has 0 heterocycles. The maximum atomic E-state index is 10.4. The van der Waals surface area contributed by atoms with Crippen molar-refractivity contribution >= 4 is 29.3 Å². The van der Waals surface area contributed by atoms with E-state index in [9.17, 15) is 25.0 Å². The Morgan fingerprint density at radius 3 is 2.07 bits per heavy atom. The van der Waals surface area contributed by atoms with Gasteiger partial charge in [0.05, 0.1) is 15.9 Å². The standard InChI is InChI=1S/C7H2ClN2O5/c8-5-1-4(3-11)6(9(12)13)2-7(5)10(14)15/h1-2H. The predicted molar refractivity (Wildman–Crippen MR) is 49.6 cm³/mol. The van der Waals surface area contributed by atoms with Crippen LogP contribution >= 0.6 is 11.6 Å². The van der Waals surface area contributed by atoms with Gasteiger partial charge in [-0.05, 0) is 6.07 Å². The van der Waals surface area contributed by atoms with Crippen molar-refractivity contribution in [3.8, 4) is 0 Å². The molecular weight excluding hydrogens is 228 g/mol. The van der Waals surface area contributed by atoms with E-state index in [1.165, 1.54) is 6.29 Å². The van der Waals surface area contributed by atoms with Gasteiger partial charge in [0.2, 0.25) is 6.29 Å². The van der Waals surface area contributed by atoms with E-state index in [4.69, 9.17) is 11.6 Å². The summed E-state index contributed by atoms with van der Waals surface area (Å²) in [5.41, 5.74) is -1.74. The van der Waals surface area contributed by atoms with Crippen LogP contribution < -0.4 is 0 Å². The molecule has 0 bridgehead atoms. The molecule has 0 atom stereocenters. The second kappa shape index (κ2) is 4.01. The van der Waals surface area contributed by atoms with Gasteiger partial charge in [-0.15, -0.1) is 0 Å². The first-order valence-corrected chi connectivity index (χ1v) is 3.85. The topological polar surface area (TPSA) is 103 Å². The lowest BCUT2D eigenvalue weighted by Crippen LogP contribution is -1.98. The number of nitro groups is 2. The van der Waals surface area contributed by atoms with Gasteiger partial charge in [-0.25, -0.2) is 0 Å². The van der Waals surface area contributed by atoms with Gasteiger partial charge in [0.25, 0.3) is 11.4 Å². The summed E-state index contributed by atoms with van der Waals surface area (Å²) in [7, 11) is 0. The van der Waals surface area contributed by atoms with Crippen LogP contribution in [0.25, 0.3) is 0 Å². The number of hydrogen-bond acceptors (Lipinski definition) is 5. The van der Waals surface area contributed by atoms with Crippen LogP contribution in [0.1, 0.15) is 5.56 Å². The van der Waals surface area contributed by atoms with Crippen molar-refractivity contribution in [3.63, 3.8) is 0 Å². The van der Waals surface area contributed by atoms with E-state index in [0.29, 0.717) is 6.07 Å². The van der Waals surface area contributed by atoms with E-state index in [-0.39, 0.29) is 5.02 Å². The van der Waals surface area contributed by atoms with Gasteiger partial charge in [0.1, 0.15) is 10.6 Å². The minimum Gasteiger partial charge on any atom is -0.285 e. The highest BCUT2D eigenvalue weighted by Gasteiger charge is 2.23. The molecule has 7 nitrogen and oxygen atoms in total. The molecule has 0 amide bonds. The van der Waals surface area contributed by atoms with Gasteiger partial charge in [0.15, 0.2) is 0 Å². The molecule has 0 unspecified atom stereocenters. The summed E-state index contributed by atoms with van der Waals surface area (Å²) < 4.78 is 0. The Labute approximate surface area is 87.6 Å². The van der Waals surface area contributed by atoms with Gasteiger partial charge in [-0.1, -0.05) is 11.6 Å². The average molecular weight is 230 g/mol. The smallest absolute Gasteiger partial charge is 0.285 e. The van der Waals surface area contributed by atoms with Crippen LogP contribution in [0, 0.1) is 20.2 Å². The van der Waals surface area contributed by atoms with E-state index in [1.807, 2.05) is 0 Å². The van der Waals surface area contributed by atoms with Gasteiger partial charge in [-0.2, -0.15) is 0 Å². The van der Waals surface area contributed by atoms with Crippen LogP contribution in [0.5, 0.6) is 0 Å². The van der Waals surface area contributed by atoms with Crippen molar-refractivity contribution in [2.45, 2.75) is 0 Å². The second-order valence-corrected chi connectivity index (χ2v) is 2.84. The number of rotatable bonds is 3. The molecule has 1 aromatic rings. The van der Waals surface area contributed by atoms with Crippen LogP contribution in [-0.4, -0.2) is 16.1 Å². The number of hydrogen-bond donors (Lipinski definition) is 0. The maximum absolute atomic E-state index is 10.4. The average Bonchev–Trinajstić information content (AvgIpc) is 2.16. The predicted octanol–water partition coefficient (Wildman–Crippen LogP) is 1.61. The fraction of sp³-hybridized carbons (Fsp3) is 0. The van der Waals surface area contributed by atoms with Crippen molar-refractivity contribution < 1.29 is 14.6 Å². The molecule has 0 saturated carbocycles. The maximum Gasteiger partial charge on any atom is 0.294 e. The molecule has 15 heavy (non-hydrogen) atoms. The second-order valence-electron chi connectivity index (χ2n) is 2.44. The number of carbonyl (C=O) groups excluding carboxylic acids is 1. The third-order valence-electron chi connectivity index (χ3n) is 1.57. The van der Waals surface area contributed by atoms with Gasteiger partial charge in [0, 0.05) is 0 Å². The number of nitro benzene ring substituents is 2. The molecule has 0 fully saturated rings. The molecule has 8 heteroatoms. The molecule has 0 N–H and O–H groups in total. The number of benzene rings is 1. The summed E-state index contributed by atoms with van der Waals surface area (Å²) in [6.07, 6.45) is 1.29. The van der Waals surface area contributed by atoms with E-state index < -0.39 is 26.8 Å². The normalized spacial score (nSPS) is 9.67. The van der Waals surface area contributed by atoms with Crippen molar-refractivity contribution in [1.29, 1.82) is 0 Å². The largest absolute Gasteiger partial charge is 0.294 e. The molecule has 77 valence electrons. The molecule has 0 aliphatic carbocycles. The molecule has 0 aliphatic heterocycles. The number of halogens is 1. The minimum atomic E-state index is -0.913. The lowest BCUT2D eigenvalue weighted by molar-refractivity contribution is -0.394. The molecular formula is C7H2ClN2O5. The van der Waals surface area contributed by atoms with Gasteiger partial charge >= 0.3 is 0 Å². The lowest BCUT2D eigenvalue weighted by Gasteiger charge is -1.97. The van der Waals surface area contributed by atoms with Crippen LogP contribution in [-0.2, 0) is 4.79 Å². The van der Waals surface area contributed by atoms with E-state index >= 15 is 0 Å². The molecule has 1 radical (unpaired) electrons. The zero-order valence-corrected chi connectivity index (χ0v) is 7.72. The van der Waals surface area contributed by atoms with Crippen molar-refractivity contribution in [3.05, 3.63) is 42.9 Å². The zero-order chi connectivity index (χ0) is 11.6. The summed E-state index contributed by atoms with van der Waals surface area (Å²) in [5, 5.41) is 20.5. The Morgan fingerprint density at radius 1 is 1.13 bits per heavy atom. The minimum absolute atomic E-state index is 0.344. The Morgan fingerprint density at radius 2 is 1.67 bits per heavy atom. The molecule has 1 rings (SSSR count). The lowest BCUT2D eigenvalue weighted by atomic mass is 10.2. The molecule has 0 aliphatic rings. The molecule has 0 saturated heterocycles. The Hall–Kier alpha value is -2.02. The highest BCUT2D eigenvalue weighted by Crippen LogP contribution is 2.31. The summed E-state index contributed by atoms with van der Waals surface area (Å²) in [5.74, 6) is 0. The highest BCUT2D eigenvalue weighted by atomic mass is 35.5. The Balaban J connectivity index is 3.50. The summed E-state index contributed by atoms with van der Waals surface area (Å²) >= 11 is 5.44. The van der Waals surface area contributed by atoms with E-state index in [2.05, 4.69) is 0 Å². The highest BCUT2D eigenvalue weighted by molar-refractivity contribution is 6.33. The third kappa shape index (κ3) is 2.08. The first-order valence-electron chi connectivity index (χ1n) is 3.48. The quantitative estimate of drug-likeness (QED) is 0.578. The van der Waals surface area contributed by atoms with Crippen molar-refractivity contribution in [1.82, 2.24) is 0 Å². The fourth-order valence-corrected chi connectivity index (χ4v) is 1.16. The van der Waals surface area contributed by atoms with Crippen LogP contribution in [0.4, 0.5) is 11.4 Å². The Bertz CT molecular complexity index is 459. The van der Waals surface area contributed by atoms with Crippen LogP contribution in [0.2, 0.25) is 5.02 Å². The van der Waals surface area contributed by atoms with E-state index in [1.54, 1.807) is 0 Å². The van der Waals surface area contributed by atoms with Gasteiger partial charge < -0.3 is 0 Å². The van der Waals surface area contributed by atoms with E-state index in [0.717, 1.165) is 6.07 Å². The summed E-state index contributed by atoms with van der Waals surface area (Å²) in [4.78, 5) is 29.3. The first-order chi connectivity index (χ1) is 6.97. The fourth-order valence-electron chi connectivity index (χ4n) is 0.924. The summed E-state index contributed by atoms with van der Waals surface area (Å²) in [6.45, 7) is 0. The molecule has 1 aromatic carbocycles. The first kappa shape index (κ1) is 11.1. The summed E-state index contributed by atoms with van der Waals surface area (Å²) in [6, 6.07) is 1.47.